The summed E-state index contributed by atoms with van der Waals surface area (Å²) in [7, 11) is 0. The number of benzene rings is 1. The average molecular weight is 366 g/mol. The molecule has 144 valence electrons. The summed E-state index contributed by atoms with van der Waals surface area (Å²) in [5, 5.41) is 23.0. The minimum Gasteiger partial charge on any atom is -0.481 e. The molecule has 0 aliphatic heterocycles. The lowest BCUT2D eigenvalue weighted by Crippen LogP contribution is -2.52. The molecule has 8 nitrogen and oxygen atoms in total. The molecule has 8 heteroatoms. The lowest BCUT2D eigenvalue weighted by molar-refractivity contribution is -0.138. The summed E-state index contributed by atoms with van der Waals surface area (Å²) >= 11 is 0. The standard InChI is InChI=1S/C18H26N2O6/c1-18(2,3)26-17(25)20-14(9-12-7-5-4-6-8-12)16(24)19-13(11-21)10-15(22)23/h4-8,13-14,21H,9-11H2,1-3H3,(H,19,24)(H,20,25)(H,22,23)/t13-,14+/m1/s1. The van der Waals surface area contributed by atoms with Crippen LogP contribution in [0.1, 0.15) is 32.8 Å². The molecular formula is C18H26N2O6. The first-order valence-electron chi connectivity index (χ1n) is 8.27. The molecule has 0 saturated carbocycles. The zero-order chi connectivity index (χ0) is 19.7. The summed E-state index contributed by atoms with van der Waals surface area (Å²) in [6.45, 7) is 4.58. The molecule has 0 unspecified atom stereocenters. The van der Waals surface area contributed by atoms with Crippen molar-refractivity contribution in [2.24, 2.45) is 0 Å². The van der Waals surface area contributed by atoms with E-state index < -0.39 is 48.7 Å². The third-order valence-electron chi connectivity index (χ3n) is 3.28. The SMILES string of the molecule is CC(C)(C)OC(=O)N[C@@H](Cc1ccccc1)C(=O)N[C@@H](CO)CC(=O)O. The number of amides is 2. The summed E-state index contributed by atoms with van der Waals surface area (Å²) in [4.78, 5) is 35.3. The molecule has 26 heavy (non-hydrogen) atoms. The summed E-state index contributed by atoms with van der Waals surface area (Å²) < 4.78 is 5.18. The number of alkyl carbamates (subject to hydrolysis) is 1. The van der Waals surface area contributed by atoms with Gasteiger partial charge in [-0.3, -0.25) is 9.59 Å². The van der Waals surface area contributed by atoms with E-state index in [1.165, 1.54) is 0 Å². The number of carbonyl (C=O) groups excluding carboxylic acids is 2. The molecule has 0 aliphatic carbocycles. The van der Waals surface area contributed by atoms with Crippen molar-refractivity contribution in [3.05, 3.63) is 35.9 Å². The highest BCUT2D eigenvalue weighted by atomic mass is 16.6. The highest BCUT2D eigenvalue weighted by molar-refractivity contribution is 5.86. The maximum absolute atomic E-state index is 12.5. The van der Waals surface area contributed by atoms with Gasteiger partial charge in [-0.05, 0) is 26.3 Å². The molecule has 0 radical (unpaired) electrons. The summed E-state index contributed by atoms with van der Waals surface area (Å²) in [6, 6.07) is 7.12. The molecule has 0 heterocycles. The lowest BCUT2D eigenvalue weighted by Gasteiger charge is -2.24. The van der Waals surface area contributed by atoms with E-state index in [1.54, 1.807) is 45.0 Å². The molecule has 0 aromatic heterocycles. The van der Waals surface area contributed by atoms with Gasteiger partial charge in [-0.1, -0.05) is 30.3 Å². The Kier molecular flexibility index (Phi) is 8.05. The highest BCUT2D eigenvalue weighted by Gasteiger charge is 2.26. The van der Waals surface area contributed by atoms with Crippen LogP contribution in [-0.2, 0) is 20.7 Å². The minimum atomic E-state index is -1.15. The van der Waals surface area contributed by atoms with Gasteiger partial charge in [-0.2, -0.15) is 0 Å². The third-order valence-corrected chi connectivity index (χ3v) is 3.28. The maximum atomic E-state index is 12.5. The number of aliphatic hydroxyl groups is 1. The number of carboxylic acids is 1. The van der Waals surface area contributed by atoms with Gasteiger partial charge in [0.05, 0.1) is 19.1 Å². The van der Waals surface area contributed by atoms with Crippen LogP contribution in [0, 0.1) is 0 Å². The van der Waals surface area contributed by atoms with Crippen LogP contribution in [0.15, 0.2) is 30.3 Å². The number of hydrogen-bond acceptors (Lipinski definition) is 5. The number of hydrogen-bond donors (Lipinski definition) is 4. The first-order chi connectivity index (χ1) is 12.1. The van der Waals surface area contributed by atoms with Gasteiger partial charge >= 0.3 is 12.1 Å². The fourth-order valence-electron chi connectivity index (χ4n) is 2.18. The van der Waals surface area contributed by atoms with Crippen molar-refractivity contribution in [3.63, 3.8) is 0 Å². The fraction of sp³-hybridized carbons (Fsp3) is 0.500. The second-order valence-corrected chi connectivity index (χ2v) is 6.87. The quantitative estimate of drug-likeness (QED) is 0.545. The number of carboxylic acid groups (broad SMARTS) is 1. The number of aliphatic hydroxyl groups excluding tert-OH is 1. The molecule has 2 atom stereocenters. The molecule has 1 aromatic carbocycles. The van der Waals surface area contributed by atoms with E-state index in [1.807, 2.05) is 6.07 Å². The topological polar surface area (TPSA) is 125 Å². The lowest BCUT2D eigenvalue weighted by atomic mass is 10.0. The van der Waals surface area contributed by atoms with E-state index >= 15 is 0 Å². The monoisotopic (exact) mass is 366 g/mol. The van der Waals surface area contributed by atoms with Crippen LogP contribution in [0.3, 0.4) is 0 Å². The third kappa shape index (κ3) is 8.48. The Balaban J connectivity index is 2.86. The maximum Gasteiger partial charge on any atom is 0.408 e. The van der Waals surface area contributed by atoms with Crippen molar-refractivity contribution in [1.29, 1.82) is 0 Å². The van der Waals surface area contributed by atoms with Gasteiger partial charge in [-0.15, -0.1) is 0 Å². The van der Waals surface area contributed by atoms with E-state index in [0.29, 0.717) is 0 Å². The Morgan fingerprint density at radius 1 is 1.12 bits per heavy atom. The second-order valence-electron chi connectivity index (χ2n) is 6.87. The summed E-state index contributed by atoms with van der Waals surface area (Å²) in [5.41, 5.74) is 0.0805. The molecule has 0 saturated heterocycles. The van der Waals surface area contributed by atoms with Crippen molar-refractivity contribution in [3.8, 4) is 0 Å². The zero-order valence-electron chi connectivity index (χ0n) is 15.2. The van der Waals surface area contributed by atoms with Gasteiger partial charge in [0.25, 0.3) is 0 Å². The fourth-order valence-corrected chi connectivity index (χ4v) is 2.18. The molecule has 1 aromatic rings. The van der Waals surface area contributed by atoms with Crippen LogP contribution >= 0.6 is 0 Å². The zero-order valence-corrected chi connectivity index (χ0v) is 15.2. The van der Waals surface area contributed by atoms with Gasteiger partial charge in [0, 0.05) is 6.42 Å². The number of nitrogens with one attached hydrogen (secondary N) is 2. The molecular weight excluding hydrogens is 340 g/mol. The molecule has 4 N–H and O–H groups in total. The van der Waals surface area contributed by atoms with E-state index in [0.717, 1.165) is 5.56 Å². The number of ether oxygens (including phenoxy) is 1. The van der Waals surface area contributed by atoms with Crippen LogP contribution in [-0.4, -0.2) is 52.5 Å². The molecule has 0 aliphatic rings. The first-order valence-corrected chi connectivity index (χ1v) is 8.27. The molecule has 2 amide bonds. The number of rotatable bonds is 8. The first kappa shape index (κ1) is 21.4. The van der Waals surface area contributed by atoms with Crippen LogP contribution in [0.25, 0.3) is 0 Å². The second kappa shape index (κ2) is 9.76. The van der Waals surface area contributed by atoms with E-state index in [-0.39, 0.29) is 6.42 Å². The summed E-state index contributed by atoms with van der Waals surface area (Å²) in [5.74, 6) is -1.75. The molecule has 0 bridgehead atoms. The minimum absolute atomic E-state index is 0.192. The Morgan fingerprint density at radius 2 is 1.73 bits per heavy atom. The van der Waals surface area contributed by atoms with E-state index in [2.05, 4.69) is 10.6 Å². The Morgan fingerprint density at radius 3 is 2.23 bits per heavy atom. The largest absolute Gasteiger partial charge is 0.481 e. The highest BCUT2D eigenvalue weighted by Crippen LogP contribution is 2.09. The molecule has 0 spiro atoms. The van der Waals surface area contributed by atoms with Crippen molar-refractivity contribution in [1.82, 2.24) is 10.6 Å². The summed E-state index contributed by atoms with van der Waals surface area (Å²) in [6.07, 6.45) is -0.989. The normalized spacial score (nSPS) is 13.4. The van der Waals surface area contributed by atoms with Crippen molar-refractivity contribution >= 4 is 18.0 Å². The number of aliphatic carboxylic acids is 1. The van der Waals surface area contributed by atoms with Gasteiger partial charge < -0.3 is 25.6 Å². The van der Waals surface area contributed by atoms with E-state index in [9.17, 15) is 19.5 Å². The van der Waals surface area contributed by atoms with Crippen LogP contribution in [0.5, 0.6) is 0 Å². The Hall–Kier alpha value is -2.61. The van der Waals surface area contributed by atoms with Crippen LogP contribution in [0.4, 0.5) is 4.79 Å². The molecule has 0 fully saturated rings. The predicted octanol–water partition coefficient (Wildman–Crippen LogP) is 1.07. The van der Waals surface area contributed by atoms with Crippen molar-refractivity contribution in [2.75, 3.05) is 6.61 Å². The van der Waals surface area contributed by atoms with Gasteiger partial charge in [0.2, 0.25) is 5.91 Å². The molecule has 1 rings (SSSR count). The average Bonchev–Trinajstić information content (AvgIpc) is 2.52. The van der Waals surface area contributed by atoms with Crippen LogP contribution in [0.2, 0.25) is 0 Å². The van der Waals surface area contributed by atoms with Crippen molar-refractivity contribution in [2.45, 2.75) is 51.3 Å². The van der Waals surface area contributed by atoms with E-state index in [4.69, 9.17) is 9.84 Å². The van der Waals surface area contributed by atoms with Gasteiger partial charge in [-0.25, -0.2) is 4.79 Å². The van der Waals surface area contributed by atoms with Crippen molar-refractivity contribution < 1.29 is 29.3 Å². The van der Waals surface area contributed by atoms with Gasteiger partial charge in [0.15, 0.2) is 0 Å². The Labute approximate surface area is 152 Å². The predicted molar refractivity (Wildman–Crippen MR) is 94.6 cm³/mol. The van der Waals surface area contributed by atoms with Crippen LogP contribution < -0.4 is 10.6 Å². The number of carbonyl (C=O) groups is 3. The van der Waals surface area contributed by atoms with Gasteiger partial charge in [0.1, 0.15) is 11.6 Å². The smallest absolute Gasteiger partial charge is 0.408 e. The Bertz CT molecular complexity index is 612.